The van der Waals surface area contributed by atoms with Crippen molar-refractivity contribution in [2.75, 3.05) is 13.6 Å². The highest BCUT2D eigenvalue weighted by atomic mass is 127. The van der Waals surface area contributed by atoms with Gasteiger partial charge in [-0.05, 0) is 25.0 Å². The van der Waals surface area contributed by atoms with Crippen LogP contribution in [0.15, 0.2) is 29.5 Å². The number of halogens is 1. The third-order valence-corrected chi connectivity index (χ3v) is 3.83. The maximum absolute atomic E-state index is 4.27. The molecule has 0 fully saturated rings. The van der Waals surface area contributed by atoms with Crippen LogP contribution in [0.5, 0.6) is 0 Å². The van der Waals surface area contributed by atoms with Crippen molar-refractivity contribution in [3.8, 4) is 0 Å². The van der Waals surface area contributed by atoms with E-state index in [1.165, 1.54) is 16.7 Å². The van der Waals surface area contributed by atoms with E-state index in [9.17, 15) is 0 Å². The summed E-state index contributed by atoms with van der Waals surface area (Å²) in [5.74, 6) is 1.81. The van der Waals surface area contributed by atoms with Crippen LogP contribution in [0.2, 0.25) is 0 Å². The summed E-state index contributed by atoms with van der Waals surface area (Å²) in [6, 6.07) is 6.50. The van der Waals surface area contributed by atoms with Gasteiger partial charge in [0.25, 0.3) is 0 Å². The molecule has 0 saturated carbocycles. The summed E-state index contributed by atoms with van der Waals surface area (Å²) < 4.78 is 2.06. The van der Waals surface area contributed by atoms with Crippen molar-refractivity contribution in [2.24, 2.45) is 4.99 Å². The van der Waals surface area contributed by atoms with E-state index in [0.717, 1.165) is 37.8 Å². The lowest BCUT2D eigenvalue weighted by Crippen LogP contribution is -2.38. The van der Waals surface area contributed by atoms with Gasteiger partial charge in [0.15, 0.2) is 5.96 Å². The first-order valence-corrected chi connectivity index (χ1v) is 8.01. The Hall–Kier alpha value is -1.64. The van der Waals surface area contributed by atoms with Gasteiger partial charge in [-0.15, -0.1) is 34.2 Å². The Morgan fingerprint density at radius 1 is 1.25 bits per heavy atom. The zero-order valence-corrected chi connectivity index (χ0v) is 17.2. The van der Waals surface area contributed by atoms with Crippen LogP contribution in [-0.2, 0) is 19.5 Å². The Morgan fingerprint density at radius 3 is 2.71 bits per heavy atom. The van der Waals surface area contributed by atoms with Gasteiger partial charge in [-0.25, -0.2) is 0 Å². The third-order valence-electron chi connectivity index (χ3n) is 3.83. The smallest absolute Gasteiger partial charge is 0.191 e. The van der Waals surface area contributed by atoms with Crippen LogP contribution in [-0.4, -0.2) is 34.3 Å². The van der Waals surface area contributed by atoms with E-state index < -0.39 is 0 Å². The Labute approximate surface area is 161 Å². The van der Waals surface area contributed by atoms with Crippen molar-refractivity contribution in [3.63, 3.8) is 0 Å². The standard InChI is InChI=1S/C17H26N6.HI/c1-5-16-22-21-12-23(16)9-8-19-17(18-4)20-11-15-7-6-13(2)10-14(15)3;/h6-7,10,12H,5,8-9,11H2,1-4H3,(H2,18,19,20);1H. The Morgan fingerprint density at radius 2 is 2.04 bits per heavy atom. The number of guanidine groups is 1. The molecule has 2 N–H and O–H groups in total. The predicted octanol–water partition coefficient (Wildman–Crippen LogP) is 2.44. The molecule has 7 heteroatoms. The van der Waals surface area contributed by atoms with E-state index in [4.69, 9.17) is 0 Å². The first kappa shape index (κ1) is 20.4. The lowest BCUT2D eigenvalue weighted by Gasteiger charge is -2.14. The number of nitrogens with one attached hydrogen (secondary N) is 2. The van der Waals surface area contributed by atoms with Crippen LogP contribution in [0.25, 0.3) is 0 Å². The monoisotopic (exact) mass is 442 g/mol. The molecule has 132 valence electrons. The van der Waals surface area contributed by atoms with Gasteiger partial charge >= 0.3 is 0 Å². The number of nitrogens with zero attached hydrogens (tertiary/aromatic N) is 4. The molecule has 0 aliphatic rings. The molecule has 0 radical (unpaired) electrons. The molecule has 0 spiro atoms. The average molecular weight is 442 g/mol. The lowest BCUT2D eigenvalue weighted by atomic mass is 10.1. The fourth-order valence-electron chi connectivity index (χ4n) is 2.48. The zero-order valence-electron chi connectivity index (χ0n) is 14.8. The second-order valence-corrected chi connectivity index (χ2v) is 5.58. The van der Waals surface area contributed by atoms with Gasteiger partial charge < -0.3 is 15.2 Å². The van der Waals surface area contributed by atoms with E-state index >= 15 is 0 Å². The third kappa shape index (κ3) is 5.77. The molecule has 0 aliphatic carbocycles. The minimum absolute atomic E-state index is 0. The topological polar surface area (TPSA) is 67.1 Å². The molecule has 0 saturated heterocycles. The van der Waals surface area contributed by atoms with Crippen LogP contribution >= 0.6 is 24.0 Å². The lowest BCUT2D eigenvalue weighted by molar-refractivity contribution is 0.632. The van der Waals surface area contributed by atoms with E-state index in [-0.39, 0.29) is 24.0 Å². The quantitative estimate of drug-likeness (QED) is 0.410. The van der Waals surface area contributed by atoms with Crippen LogP contribution < -0.4 is 10.6 Å². The highest BCUT2D eigenvalue weighted by Crippen LogP contribution is 2.09. The highest BCUT2D eigenvalue weighted by Gasteiger charge is 2.03. The van der Waals surface area contributed by atoms with Crippen molar-refractivity contribution in [1.29, 1.82) is 0 Å². The number of hydrogen-bond acceptors (Lipinski definition) is 3. The van der Waals surface area contributed by atoms with Gasteiger partial charge in [0.05, 0.1) is 0 Å². The molecule has 0 unspecified atom stereocenters. The molecule has 0 bridgehead atoms. The summed E-state index contributed by atoms with van der Waals surface area (Å²) >= 11 is 0. The van der Waals surface area contributed by atoms with Gasteiger partial charge in [-0.3, -0.25) is 4.99 Å². The van der Waals surface area contributed by atoms with Gasteiger partial charge in [0.2, 0.25) is 0 Å². The second kappa shape index (κ2) is 10.3. The van der Waals surface area contributed by atoms with Gasteiger partial charge in [0, 0.05) is 33.1 Å². The van der Waals surface area contributed by atoms with Crippen LogP contribution in [0.1, 0.15) is 29.4 Å². The largest absolute Gasteiger partial charge is 0.355 e. The molecule has 1 aromatic carbocycles. The summed E-state index contributed by atoms with van der Waals surface area (Å²) in [6.45, 7) is 8.69. The van der Waals surface area contributed by atoms with E-state index in [2.05, 4.69) is 69.4 Å². The maximum Gasteiger partial charge on any atom is 0.191 e. The van der Waals surface area contributed by atoms with Crippen molar-refractivity contribution >= 4 is 29.9 Å². The summed E-state index contributed by atoms with van der Waals surface area (Å²) in [5.41, 5.74) is 3.87. The molecular weight excluding hydrogens is 415 g/mol. The summed E-state index contributed by atoms with van der Waals surface area (Å²) in [6.07, 6.45) is 2.66. The number of aryl methyl sites for hydroxylation is 3. The molecule has 2 aromatic rings. The number of benzene rings is 1. The Kier molecular flexibility index (Phi) is 8.73. The van der Waals surface area contributed by atoms with Crippen molar-refractivity contribution in [1.82, 2.24) is 25.4 Å². The van der Waals surface area contributed by atoms with Gasteiger partial charge in [-0.1, -0.05) is 30.7 Å². The van der Waals surface area contributed by atoms with E-state index in [0.29, 0.717) is 0 Å². The number of hydrogen-bond donors (Lipinski definition) is 2. The van der Waals surface area contributed by atoms with Crippen LogP contribution in [0, 0.1) is 13.8 Å². The summed E-state index contributed by atoms with van der Waals surface area (Å²) in [5, 5.41) is 14.7. The summed E-state index contributed by atoms with van der Waals surface area (Å²) in [7, 11) is 1.79. The first-order valence-electron chi connectivity index (χ1n) is 8.01. The molecule has 6 nitrogen and oxygen atoms in total. The Balaban J connectivity index is 0.00000288. The zero-order chi connectivity index (χ0) is 16.7. The molecule has 0 atom stereocenters. The van der Waals surface area contributed by atoms with Crippen molar-refractivity contribution in [2.45, 2.75) is 40.3 Å². The minimum atomic E-state index is 0. The van der Waals surface area contributed by atoms with Gasteiger partial charge in [0.1, 0.15) is 12.2 Å². The average Bonchev–Trinajstić information content (AvgIpc) is 2.99. The normalized spacial score (nSPS) is 11.1. The fraction of sp³-hybridized carbons (Fsp3) is 0.471. The number of rotatable bonds is 6. The number of aliphatic imine (C=N–C) groups is 1. The van der Waals surface area contributed by atoms with Crippen molar-refractivity contribution in [3.05, 3.63) is 47.0 Å². The van der Waals surface area contributed by atoms with Gasteiger partial charge in [-0.2, -0.15) is 0 Å². The Bertz CT molecular complexity index is 665. The molecule has 0 amide bonds. The second-order valence-electron chi connectivity index (χ2n) is 5.58. The summed E-state index contributed by atoms with van der Waals surface area (Å²) in [4.78, 5) is 4.27. The van der Waals surface area contributed by atoms with E-state index in [1.54, 1.807) is 13.4 Å². The highest BCUT2D eigenvalue weighted by molar-refractivity contribution is 14.0. The molecule has 1 aromatic heterocycles. The van der Waals surface area contributed by atoms with Crippen molar-refractivity contribution < 1.29 is 0 Å². The molecule has 0 aliphatic heterocycles. The molecular formula is C17H27IN6. The van der Waals surface area contributed by atoms with Crippen LogP contribution in [0.4, 0.5) is 0 Å². The van der Waals surface area contributed by atoms with Crippen LogP contribution in [0.3, 0.4) is 0 Å². The number of aromatic nitrogens is 3. The maximum atomic E-state index is 4.27. The SMILES string of the molecule is CCc1nncn1CCNC(=NC)NCc1ccc(C)cc1C.I. The minimum Gasteiger partial charge on any atom is -0.355 e. The fourth-order valence-corrected chi connectivity index (χ4v) is 2.48. The predicted molar refractivity (Wildman–Crippen MR) is 109 cm³/mol. The molecule has 1 heterocycles. The first-order chi connectivity index (χ1) is 11.1. The molecule has 2 rings (SSSR count). The molecule has 24 heavy (non-hydrogen) atoms. The van der Waals surface area contributed by atoms with E-state index in [1.807, 2.05) is 0 Å².